The predicted molar refractivity (Wildman–Crippen MR) is 75.2 cm³/mol. The van der Waals surface area contributed by atoms with Crippen LogP contribution in [0.25, 0.3) is 0 Å². The fourth-order valence-corrected chi connectivity index (χ4v) is 2.55. The number of nitrogens with one attached hydrogen (secondary N) is 1. The molecule has 0 bridgehead atoms. The van der Waals surface area contributed by atoms with E-state index in [1.165, 1.54) is 6.07 Å². The number of halogens is 2. The lowest BCUT2D eigenvalue weighted by Crippen LogP contribution is -2.27. The van der Waals surface area contributed by atoms with Gasteiger partial charge in [0.1, 0.15) is 10.0 Å². The molecule has 0 spiro atoms. The number of rotatable bonds is 8. The second-order valence-corrected chi connectivity index (χ2v) is 6.34. The van der Waals surface area contributed by atoms with Crippen LogP contribution in [-0.2, 0) is 14.8 Å². The summed E-state index contributed by atoms with van der Waals surface area (Å²) in [6, 6.07) is 1.26. The van der Waals surface area contributed by atoms with Crippen molar-refractivity contribution in [2.45, 2.75) is 24.7 Å². The molecule has 0 atom stereocenters. The van der Waals surface area contributed by atoms with Crippen LogP contribution in [0.3, 0.4) is 0 Å². The standard InChI is InChI=1S/C11H16Cl2N2O3S/c1-2-3-5-18-6-4-15-19(16,17)9-7-10(12)11(13)14-8-9/h7-8,15H,2-6H2,1H3. The molecule has 1 N–H and O–H groups in total. The first-order chi connectivity index (χ1) is 8.97. The normalized spacial score (nSPS) is 11.7. The lowest BCUT2D eigenvalue weighted by molar-refractivity contribution is 0.136. The fourth-order valence-electron chi connectivity index (χ4n) is 1.23. The molecule has 0 aliphatic rings. The van der Waals surface area contributed by atoms with Gasteiger partial charge in [0.2, 0.25) is 10.0 Å². The molecule has 0 amide bonds. The van der Waals surface area contributed by atoms with Crippen LogP contribution in [0.15, 0.2) is 17.2 Å². The maximum atomic E-state index is 11.9. The van der Waals surface area contributed by atoms with E-state index in [0.717, 1.165) is 19.0 Å². The van der Waals surface area contributed by atoms with Crippen LogP contribution < -0.4 is 4.72 Å². The van der Waals surface area contributed by atoms with Crippen molar-refractivity contribution in [1.82, 2.24) is 9.71 Å². The first-order valence-electron chi connectivity index (χ1n) is 5.86. The second kappa shape index (κ2) is 8.01. The highest BCUT2D eigenvalue weighted by Crippen LogP contribution is 2.21. The molecule has 19 heavy (non-hydrogen) atoms. The topological polar surface area (TPSA) is 68.3 Å². The van der Waals surface area contributed by atoms with E-state index in [9.17, 15) is 8.42 Å². The minimum atomic E-state index is -3.63. The highest BCUT2D eigenvalue weighted by atomic mass is 35.5. The monoisotopic (exact) mass is 326 g/mol. The van der Waals surface area contributed by atoms with Gasteiger partial charge >= 0.3 is 0 Å². The molecule has 8 heteroatoms. The Balaban J connectivity index is 2.49. The molecule has 0 saturated heterocycles. The minimum absolute atomic E-state index is 0.0181. The van der Waals surface area contributed by atoms with Gasteiger partial charge in [0.15, 0.2) is 0 Å². The first kappa shape index (κ1) is 16.7. The van der Waals surface area contributed by atoms with Gasteiger partial charge in [-0.05, 0) is 12.5 Å². The Morgan fingerprint density at radius 2 is 2.11 bits per heavy atom. The Labute approximate surface area is 123 Å². The van der Waals surface area contributed by atoms with E-state index in [2.05, 4.69) is 16.6 Å². The van der Waals surface area contributed by atoms with Gasteiger partial charge in [0, 0.05) is 19.3 Å². The molecule has 0 fully saturated rings. The van der Waals surface area contributed by atoms with E-state index in [1.54, 1.807) is 0 Å². The van der Waals surface area contributed by atoms with Crippen molar-refractivity contribution in [3.63, 3.8) is 0 Å². The van der Waals surface area contributed by atoms with Gasteiger partial charge in [-0.3, -0.25) is 0 Å². The first-order valence-corrected chi connectivity index (χ1v) is 8.09. The molecule has 1 aromatic heterocycles. The second-order valence-electron chi connectivity index (χ2n) is 3.81. The average molecular weight is 327 g/mol. The highest BCUT2D eigenvalue weighted by Gasteiger charge is 2.15. The van der Waals surface area contributed by atoms with Crippen LogP contribution in [0, 0.1) is 0 Å². The Kier molecular flexibility index (Phi) is 7.02. The molecule has 0 aliphatic heterocycles. The number of hydrogen-bond acceptors (Lipinski definition) is 4. The van der Waals surface area contributed by atoms with Crippen LogP contribution >= 0.6 is 23.2 Å². The van der Waals surface area contributed by atoms with Crippen molar-refractivity contribution in [3.05, 3.63) is 22.4 Å². The Morgan fingerprint density at radius 1 is 1.37 bits per heavy atom. The molecule has 0 saturated carbocycles. The quantitative estimate of drug-likeness (QED) is 0.588. The summed E-state index contributed by atoms with van der Waals surface area (Å²) in [5, 5.41) is 0.173. The number of aromatic nitrogens is 1. The van der Waals surface area contributed by atoms with E-state index in [1.807, 2.05) is 0 Å². The molecular formula is C11H16Cl2N2O3S. The van der Waals surface area contributed by atoms with Crippen molar-refractivity contribution in [1.29, 1.82) is 0 Å². The van der Waals surface area contributed by atoms with Gasteiger partial charge in [-0.15, -0.1) is 0 Å². The van der Waals surface area contributed by atoms with E-state index in [-0.39, 0.29) is 21.6 Å². The van der Waals surface area contributed by atoms with Gasteiger partial charge in [-0.1, -0.05) is 36.5 Å². The van der Waals surface area contributed by atoms with Crippen molar-refractivity contribution in [2.75, 3.05) is 19.8 Å². The van der Waals surface area contributed by atoms with Gasteiger partial charge in [0.25, 0.3) is 0 Å². The van der Waals surface area contributed by atoms with Crippen molar-refractivity contribution in [3.8, 4) is 0 Å². The third-order valence-electron chi connectivity index (χ3n) is 2.26. The lowest BCUT2D eigenvalue weighted by Gasteiger charge is -2.07. The molecule has 0 aliphatic carbocycles. The van der Waals surface area contributed by atoms with Crippen LogP contribution in [0.2, 0.25) is 10.2 Å². The molecule has 0 unspecified atom stereocenters. The molecule has 1 aromatic rings. The van der Waals surface area contributed by atoms with E-state index >= 15 is 0 Å². The van der Waals surface area contributed by atoms with Crippen molar-refractivity contribution in [2.24, 2.45) is 0 Å². The smallest absolute Gasteiger partial charge is 0.242 e. The molecule has 0 aromatic carbocycles. The van der Waals surface area contributed by atoms with Crippen molar-refractivity contribution >= 4 is 33.2 Å². The average Bonchev–Trinajstić information content (AvgIpc) is 2.36. The summed E-state index contributed by atoms with van der Waals surface area (Å²) in [6.07, 6.45) is 3.17. The zero-order chi connectivity index (χ0) is 14.3. The Bertz CT molecular complexity index is 509. The number of ether oxygens (including phenoxy) is 1. The molecule has 5 nitrogen and oxygen atoms in total. The van der Waals surface area contributed by atoms with Gasteiger partial charge in [0.05, 0.1) is 11.6 Å². The predicted octanol–water partition coefficient (Wildman–Crippen LogP) is 2.48. The van der Waals surface area contributed by atoms with E-state index in [0.29, 0.717) is 13.2 Å². The van der Waals surface area contributed by atoms with Crippen LogP contribution in [0.4, 0.5) is 0 Å². The summed E-state index contributed by atoms with van der Waals surface area (Å²) in [7, 11) is -3.63. The molecule has 1 rings (SSSR count). The van der Waals surface area contributed by atoms with Crippen molar-refractivity contribution < 1.29 is 13.2 Å². The molecule has 108 valence electrons. The third kappa shape index (κ3) is 5.62. The summed E-state index contributed by atoms with van der Waals surface area (Å²) in [4.78, 5) is 3.68. The number of hydrogen-bond donors (Lipinski definition) is 1. The largest absolute Gasteiger partial charge is 0.380 e. The summed E-state index contributed by atoms with van der Waals surface area (Å²) in [5.74, 6) is 0. The maximum Gasteiger partial charge on any atom is 0.242 e. The van der Waals surface area contributed by atoms with Gasteiger partial charge in [-0.2, -0.15) is 0 Å². The molecule has 1 heterocycles. The maximum absolute atomic E-state index is 11.9. The summed E-state index contributed by atoms with van der Waals surface area (Å²) in [5.41, 5.74) is 0. The number of pyridine rings is 1. The minimum Gasteiger partial charge on any atom is -0.380 e. The zero-order valence-electron chi connectivity index (χ0n) is 10.5. The van der Waals surface area contributed by atoms with Crippen LogP contribution in [0.5, 0.6) is 0 Å². The summed E-state index contributed by atoms with van der Waals surface area (Å²) in [6.45, 7) is 3.22. The van der Waals surface area contributed by atoms with E-state index < -0.39 is 10.0 Å². The van der Waals surface area contributed by atoms with Crippen LogP contribution in [0.1, 0.15) is 19.8 Å². The SMILES string of the molecule is CCCCOCCNS(=O)(=O)c1cnc(Cl)c(Cl)c1. The van der Waals surface area contributed by atoms with Gasteiger partial charge in [-0.25, -0.2) is 18.1 Å². The molecular weight excluding hydrogens is 311 g/mol. The van der Waals surface area contributed by atoms with Crippen LogP contribution in [-0.4, -0.2) is 33.2 Å². The zero-order valence-corrected chi connectivity index (χ0v) is 12.9. The highest BCUT2D eigenvalue weighted by molar-refractivity contribution is 7.89. The van der Waals surface area contributed by atoms with Gasteiger partial charge < -0.3 is 4.74 Å². The lowest BCUT2D eigenvalue weighted by atomic mass is 10.4. The Hall–Kier alpha value is -0.400. The fraction of sp³-hybridized carbons (Fsp3) is 0.545. The van der Waals surface area contributed by atoms with E-state index in [4.69, 9.17) is 27.9 Å². The Morgan fingerprint density at radius 3 is 2.74 bits per heavy atom. The number of unbranched alkanes of at least 4 members (excludes halogenated alkanes) is 1. The summed E-state index contributed by atoms with van der Waals surface area (Å²) < 4.78 is 31.4. The molecule has 0 radical (unpaired) electrons. The summed E-state index contributed by atoms with van der Waals surface area (Å²) >= 11 is 11.4. The third-order valence-corrected chi connectivity index (χ3v) is 4.38. The number of nitrogens with zero attached hydrogens (tertiary/aromatic N) is 1. The number of sulfonamides is 1.